The van der Waals surface area contributed by atoms with E-state index in [1.807, 2.05) is 0 Å². The smallest absolute Gasteiger partial charge is 0.341 e. The van der Waals surface area contributed by atoms with Crippen molar-refractivity contribution in [2.75, 3.05) is 42.6 Å². The number of esters is 1. The number of piperazine rings is 1. The van der Waals surface area contributed by atoms with Gasteiger partial charge >= 0.3 is 5.97 Å². The number of carbonyl (C=O) groups is 1. The molecule has 1 fully saturated rings. The Morgan fingerprint density at radius 3 is 1.92 bits per heavy atom. The molecule has 0 saturated carbocycles. The van der Waals surface area contributed by atoms with Crippen molar-refractivity contribution >= 4 is 33.8 Å². The summed E-state index contributed by atoms with van der Waals surface area (Å²) < 4.78 is 5.79. The van der Waals surface area contributed by atoms with E-state index in [0.717, 1.165) is 36.6 Å². The van der Waals surface area contributed by atoms with Gasteiger partial charge in [-0.2, -0.15) is 0 Å². The molecule has 0 aromatic carbocycles. The molecule has 2 aromatic rings. The van der Waals surface area contributed by atoms with E-state index in [4.69, 9.17) is 4.74 Å². The molecule has 0 unspecified atom stereocenters. The molecule has 0 atom stereocenters. The van der Waals surface area contributed by atoms with Gasteiger partial charge < -0.3 is 14.5 Å². The number of carbonyl (C=O) groups excluding carboxylic acids is 1. The van der Waals surface area contributed by atoms with Crippen LogP contribution in [-0.2, 0) is 4.74 Å². The predicted molar refractivity (Wildman–Crippen MR) is 92.1 cm³/mol. The molecular formula is C15H17BrN6O2. The van der Waals surface area contributed by atoms with Crippen LogP contribution in [0.15, 0.2) is 29.3 Å². The number of hydrogen-bond acceptors (Lipinski definition) is 8. The number of anilines is 2. The van der Waals surface area contributed by atoms with Crippen LogP contribution in [-0.4, -0.2) is 58.7 Å². The normalized spacial score (nSPS) is 14.6. The third kappa shape index (κ3) is 3.78. The van der Waals surface area contributed by atoms with E-state index in [0.29, 0.717) is 18.1 Å². The van der Waals surface area contributed by atoms with E-state index in [9.17, 15) is 4.79 Å². The van der Waals surface area contributed by atoms with Gasteiger partial charge in [0.15, 0.2) is 0 Å². The van der Waals surface area contributed by atoms with Crippen LogP contribution < -0.4 is 9.80 Å². The maximum atomic E-state index is 11.6. The summed E-state index contributed by atoms with van der Waals surface area (Å²) in [7, 11) is 0. The first-order chi connectivity index (χ1) is 11.7. The van der Waals surface area contributed by atoms with Crippen molar-refractivity contribution in [1.82, 2.24) is 19.9 Å². The molecule has 0 amide bonds. The van der Waals surface area contributed by atoms with Crippen molar-refractivity contribution in [3.8, 4) is 0 Å². The summed E-state index contributed by atoms with van der Waals surface area (Å²) in [4.78, 5) is 33.0. The minimum atomic E-state index is -0.402. The van der Waals surface area contributed by atoms with Gasteiger partial charge in [-0.15, -0.1) is 0 Å². The summed E-state index contributed by atoms with van der Waals surface area (Å²) in [6.45, 7) is 5.19. The van der Waals surface area contributed by atoms with E-state index in [1.54, 1.807) is 19.3 Å². The van der Waals surface area contributed by atoms with Crippen molar-refractivity contribution in [2.45, 2.75) is 6.92 Å². The van der Waals surface area contributed by atoms with Gasteiger partial charge in [0.1, 0.15) is 0 Å². The molecule has 0 aliphatic carbocycles. The minimum Gasteiger partial charge on any atom is -0.462 e. The number of halogens is 1. The fourth-order valence-corrected chi connectivity index (χ4v) is 2.58. The molecule has 9 heteroatoms. The molecule has 1 aliphatic rings. The number of ether oxygens (including phenoxy) is 1. The third-order valence-electron chi connectivity index (χ3n) is 3.60. The van der Waals surface area contributed by atoms with Crippen molar-refractivity contribution < 1.29 is 9.53 Å². The van der Waals surface area contributed by atoms with Gasteiger partial charge in [0.2, 0.25) is 11.9 Å². The SMILES string of the molecule is CCOC(=O)c1cnc(N2CCN(c3ncc(Br)cn3)CC2)nc1. The second kappa shape index (κ2) is 7.52. The van der Waals surface area contributed by atoms with Gasteiger partial charge in [-0.3, -0.25) is 0 Å². The average Bonchev–Trinajstić information content (AvgIpc) is 2.63. The van der Waals surface area contributed by atoms with Crippen molar-refractivity contribution in [1.29, 1.82) is 0 Å². The number of rotatable bonds is 4. The van der Waals surface area contributed by atoms with Crippen molar-refractivity contribution in [2.24, 2.45) is 0 Å². The molecule has 0 spiro atoms. The lowest BCUT2D eigenvalue weighted by Crippen LogP contribution is -2.47. The zero-order valence-corrected chi connectivity index (χ0v) is 14.8. The molecule has 0 N–H and O–H groups in total. The molecule has 24 heavy (non-hydrogen) atoms. The average molecular weight is 393 g/mol. The Hall–Kier alpha value is -2.29. The van der Waals surface area contributed by atoms with Crippen LogP contribution in [0, 0.1) is 0 Å². The molecular weight excluding hydrogens is 376 g/mol. The Morgan fingerprint density at radius 2 is 1.46 bits per heavy atom. The maximum Gasteiger partial charge on any atom is 0.341 e. The summed E-state index contributed by atoms with van der Waals surface area (Å²) >= 11 is 3.33. The van der Waals surface area contributed by atoms with Crippen LogP contribution in [0.25, 0.3) is 0 Å². The monoisotopic (exact) mass is 392 g/mol. The molecule has 126 valence electrons. The van der Waals surface area contributed by atoms with Crippen molar-refractivity contribution in [3.05, 3.63) is 34.8 Å². The molecule has 2 aromatic heterocycles. The summed E-state index contributed by atoms with van der Waals surface area (Å²) in [5, 5.41) is 0. The predicted octanol–water partition coefficient (Wildman–Crippen LogP) is 1.53. The van der Waals surface area contributed by atoms with Crippen molar-refractivity contribution in [3.63, 3.8) is 0 Å². The molecule has 1 aliphatic heterocycles. The molecule has 3 heterocycles. The van der Waals surface area contributed by atoms with E-state index in [-0.39, 0.29) is 0 Å². The molecule has 0 radical (unpaired) electrons. The summed E-state index contributed by atoms with van der Waals surface area (Å²) in [6, 6.07) is 0. The topological polar surface area (TPSA) is 84.3 Å². The quantitative estimate of drug-likeness (QED) is 0.724. The largest absolute Gasteiger partial charge is 0.462 e. The lowest BCUT2D eigenvalue weighted by Gasteiger charge is -2.34. The second-order valence-electron chi connectivity index (χ2n) is 5.17. The van der Waals surface area contributed by atoms with Gasteiger partial charge in [-0.25, -0.2) is 24.7 Å². The molecule has 8 nitrogen and oxygen atoms in total. The highest BCUT2D eigenvalue weighted by molar-refractivity contribution is 9.10. The highest BCUT2D eigenvalue weighted by Gasteiger charge is 2.21. The van der Waals surface area contributed by atoms with Crippen LogP contribution in [0.3, 0.4) is 0 Å². The van der Waals surface area contributed by atoms with Crippen LogP contribution in [0.4, 0.5) is 11.9 Å². The first-order valence-corrected chi connectivity index (χ1v) is 8.43. The van der Waals surface area contributed by atoms with Gasteiger partial charge in [0, 0.05) is 51.0 Å². The Morgan fingerprint density at radius 1 is 1.00 bits per heavy atom. The van der Waals surface area contributed by atoms with E-state index < -0.39 is 5.97 Å². The first-order valence-electron chi connectivity index (χ1n) is 7.64. The van der Waals surface area contributed by atoms with E-state index >= 15 is 0 Å². The highest BCUT2D eigenvalue weighted by atomic mass is 79.9. The Labute approximate surface area is 148 Å². The second-order valence-corrected chi connectivity index (χ2v) is 6.08. The number of nitrogens with zero attached hydrogens (tertiary/aromatic N) is 6. The first kappa shape index (κ1) is 16.6. The number of aromatic nitrogens is 4. The van der Waals surface area contributed by atoms with Gasteiger partial charge in [-0.05, 0) is 22.9 Å². The Kier molecular flexibility index (Phi) is 5.19. The molecule has 0 bridgehead atoms. The van der Waals surface area contributed by atoms with Crippen LogP contribution >= 0.6 is 15.9 Å². The summed E-state index contributed by atoms with van der Waals surface area (Å²) in [5.74, 6) is 0.928. The van der Waals surface area contributed by atoms with Gasteiger partial charge in [0.25, 0.3) is 0 Å². The summed E-state index contributed by atoms with van der Waals surface area (Å²) in [5.41, 5.74) is 0.363. The standard InChI is InChI=1S/C15H17BrN6O2/c1-2-24-13(23)11-7-17-14(18-8-11)21-3-5-22(6-4-21)15-19-9-12(16)10-20-15/h7-10H,2-6H2,1H3. The Balaban J connectivity index is 1.60. The highest BCUT2D eigenvalue weighted by Crippen LogP contribution is 2.16. The zero-order valence-electron chi connectivity index (χ0n) is 13.2. The lowest BCUT2D eigenvalue weighted by atomic mass is 10.3. The third-order valence-corrected chi connectivity index (χ3v) is 4.01. The maximum absolute atomic E-state index is 11.6. The van der Waals surface area contributed by atoms with Gasteiger partial charge in [0.05, 0.1) is 16.6 Å². The van der Waals surface area contributed by atoms with Crippen LogP contribution in [0.2, 0.25) is 0 Å². The van der Waals surface area contributed by atoms with Crippen LogP contribution in [0.5, 0.6) is 0 Å². The van der Waals surface area contributed by atoms with E-state index in [2.05, 4.69) is 45.7 Å². The molecule has 3 rings (SSSR count). The fourth-order valence-electron chi connectivity index (χ4n) is 2.38. The van der Waals surface area contributed by atoms with Gasteiger partial charge in [-0.1, -0.05) is 0 Å². The number of hydrogen-bond donors (Lipinski definition) is 0. The van der Waals surface area contributed by atoms with E-state index in [1.165, 1.54) is 12.4 Å². The molecule has 1 saturated heterocycles. The fraction of sp³-hybridized carbons (Fsp3) is 0.400. The van der Waals surface area contributed by atoms with Crippen LogP contribution in [0.1, 0.15) is 17.3 Å². The zero-order chi connectivity index (χ0) is 16.9. The Bertz CT molecular complexity index is 686. The minimum absolute atomic E-state index is 0.334. The lowest BCUT2D eigenvalue weighted by molar-refractivity contribution is 0.0525. The summed E-state index contributed by atoms with van der Waals surface area (Å²) in [6.07, 6.45) is 6.49.